The van der Waals surface area contributed by atoms with Gasteiger partial charge in [-0.05, 0) is 39.5 Å². The predicted octanol–water partition coefficient (Wildman–Crippen LogP) is 6.95. The molecule has 10 heteroatoms. The van der Waals surface area contributed by atoms with Crippen LogP contribution in [0.1, 0.15) is 84.5 Å². The Kier molecular flexibility index (Phi) is 19.4. The molecule has 1 saturated carbocycles. The summed E-state index contributed by atoms with van der Waals surface area (Å²) in [5, 5.41) is 0. The molecule has 0 bridgehead atoms. The maximum Gasteiger partial charge on any atom is 0.500 e. The lowest BCUT2D eigenvalue weighted by Gasteiger charge is -2.32. The summed E-state index contributed by atoms with van der Waals surface area (Å²) in [4.78, 5) is 0. The predicted molar refractivity (Wildman–Crippen MR) is 146 cm³/mol. The van der Waals surface area contributed by atoms with Crippen LogP contribution in [-0.4, -0.2) is 69.8 Å². The largest absolute Gasteiger partial charge is 0.500 e. The lowest BCUT2D eigenvalue weighted by molar-refractivity contribution is 0.0337. The summed E-state index contributed by atoms with van der Waals surface area (Å²) in [5.74, 6) is 2.14. The van der Waals surface area contributed by atoms with Gasteiger partial charge in [-0.2, -0.15) is 0 Å². The Balaban J connectivity index is 2.37. The summed E-state index contributed by atoms with van der Waals surface area (Å²) in [5.41, 5.74) is 0. The van der Waals surface area contributed by atoms with E-state index >= 15 is 0 Å². The first-order valence-corrected chi connectivity index (χ1v) is 19.3. The van der Waals surface area contributed by atoms with Crippen molar-refractivity contribution in [3.05, 3.63) is 0 Å². The van der Waals surface area contributed by atoms with Crippen molar-refractivity contribution < 1.29 is 26.6 Å². The molecule has 1 aliphatic rings. The van der Waals surface area contributed by atoms with Gasteiger partial charge in [0.25, 0.3) is 0 Å². The Morgan fingerprint density at radius 3 is 1.52 bits per heavy atom. The summed E-state index contributed by atoms with van der Waals surface area (Å²) in [6, 6.07) is 1.76. The summed E-state index contributed by atoms with van der Waals surface area (Å²) in [7, 11) is 3.94. The maximum atomic E-state index is 6.67. The van der Waals surface area contributed by atoms with Crippen LogP contribution in [0, 0.1) is 0 Å². The highest BCUT2D eigenvalue weighted by molar-refractivity contribution is 8.76. The van der Waals surface area contributed by atoms with Gasteiger partial charge in [0.05, 0.1) is 0 Å². The standard InChI is InChI=1S/C23H50O6S2Si2/c1-6-27-32(24-3,25-4)21-15-19-30-31-20-16-22-33(26-5,28-7-2)29-23-17-13-11-9-8-10-12-14-18-23/h23H,6-22H2,1-5H3. The molecule has 0 saturated heterocycles. The van der Waals surface area contributed by atoms with Gasteiger partial charge in [-0.3, -0.25) is 0 Å². The van der Waals surface area contributed by atoms with E-state index in [0.717, 1.165) is 49.3 Å². The average molecular weight is 543 g/mol. The molecular weight excluding hydrogens is 493 g/mol. The molecule has 0 aromatic carbocycles. The Bertz CT molecular complexity index is 453. The molecule has 1 aliphatic carbocycles. The molecule has 6 nitrogen and oxygen atoms in total. The Labute approximate surface area is 214 Å². The molecule has 1 fully saturated rings. The zero-order valence-corrected chi connectivity index (χ0v) is 25.5. The lowest BCUT2D eigenvalue weighted by Crippen LogP contribution is -2.47. The SMILES string of the molecule is CCO[Si](CCCSSCCC[Si](OC)(OCC)OC1CCCCCCCCC1)(OC)OC. The summed E-state index contributed by atoms with van der Waals surface area (Å²) >= 11 is 0. The molecule has 198 valence electrons. The minimum absolute atomic E-state index is 0.291. The number of hydrogen-bond donors (Lipinski definition) is 0. The van der Waals surface area contributed by atoms with Crippen LogP contribution in [-0.2, 0) is 26.6 Å². The quantitative estimate of drug-likeness (QED) is 0.105. The van der Waals surface area contributed by atoms with Gasteiger partial charge in [0.15, 0.2) is 0 Å². The van der Waals surface area contributed by atoms with Crippen LogP contribution in [0.3, 0.4) is 0 Å². The van der Waals surface area contributed by atoms with Crippen molar-refractivity contribution in [1.82, 2.24) is 0 Å². The molecule has 0 aromatic rings. The van der Waals surface area contributed by atoms with Crippen molar-refractivity contribution in [2.45, 2.75) is 103 Å². The van der Waals surface area contributed by atoms with E-state index in [9.17, 15) is 0 Å². The van der Waals surface area contributed by atoms with Crippen LogP contribution >= 0.6 is 21.6 Å². The molecule has 1 atom stereocenters. The maximum absolute atomic E-state index is 6.67. The van der Waals surface area contributed by atoms with Gasteiger partial charge in [-0.25, -0.2) is 0 Å². The Morgan fingerprint density at radius 1 is 0.636 bits per heavy atom. The number of rotatable bonds is 18. The summed E-state index contributed by atoms with van der Waals surface area (Å²) in [6.45, 7) is 5.32. The van der Waals surface area contributed by atoms with E-state index in [1.54, 1.807) is 21.3 Å². The molecule has 1 rings (SSSR count). The van der Waals surface area contributed by atoms with Crippen LogP contribution in [0.2, 0.25) is 12.1 Å². The monoisotopic (exact) mass is 542 g/mol. The second-order valence-electron chi connectivity index (χ2n) is 8.49. The molecular formula is C23H50O6S2Si2. The fourth-order valence-electron chi connectivity index (χ4n) is 4.25. The van der Waals surface area contributed by atoms with Crippen LogP contribution in [0.15, 0.2) is 0 Å². The molecule has 33 heavy (non-hydrogen) atoms. The first-order chi connectivity index (χ1) is 16.1. The van der Waals surface area contributed by atoms with Crippen molar-refractivity contribution in [1.29, 1.82) is 0 Å². The van der Waals surface area contributed by atoms with Crippen LogP contribution in [0.25, 0.3) is 0 Å². The smallest absolute Gasteiger partial charge is 0.377 e. The molecule has 0 heterocycles. The van der Waals surface area contributed by atoms with Gasteiger partial charge in [0, 0.05) is 64.2 Å². The fourth-order valence-corrected chi connectivity index (χ4v) is 11.5. The van der Waals surface area contributed by atoms with Gasteiger partial charge in [0.1, 0.15) is 0 Å². The molecule has 0 N–H and O–H groups in total. The highest BCUT2D eigenvalue weighted by atomic mass is 33.1. The third kappa shape index (κ3) is 13.7. The van der Waals surface area contributed by atoms with E-state index < -0.39 is 17.6 Å². The Hall–Kier alpha value is 0.894. The van der Waals surface area contributed by atoms with Gasteiger partial charge in [0.2, 0.25) is 0 Å². The third-order valence-electron chi connectivity index (χ3n) is 6.06. The van der Waals surface area contributed by atoms with E-state index in [1.807, 2.05) is 35.4 Å². The highest BCUT2D eigenvalue weighted by Crippen LogP contribution is 2.30. The van der Waals surface area contributed by atoms with Crippen LogP contribution in [0.4, 0.5) is 0 Å². The second-order valence-corrected chi connectivity index (χ2v) is 17.0. The van der Waals surface area contributed by atoms with Crippen molar-refractivity contribution in [2.75, 3.05) is 46.0 Å². The first kappa shape index (κ1) is 31.9. The van der Waals surface area contributed by atoms with E-state index in [1.165, 1.54) is 44.9 Å². The first-order valence-electron chi connectivity index (χ1n) is 12.9. The highest BCUT2D eigenvalue weighted by Gasteiger charge is 2.41. The summed E-state index contributed by atoms with van der Waals surface area (Å²) < 4.78 is 35.8. The van der Waals surface area contributed by atoms with E-state index in [4.69, 9.17) is 26.6 Å². The number of hydrogen-bond acceptors (Lipinski definition) is 8. The third-order valence-corrected chi connectivity index (χ3v) is 14.6. The van der Waals surface area contributed by atoms with Crippen molar-refractivity contribution in [3.8, 4) is 0 Å². The molecule has 0 aliphatic heterocycles. The second kappa shape index (κ2) is 20.0. The van der Waals surface area contributed by atoms with Crippen LogP contribution < -0.4 is 0 Å². The lowest BCUT2D eigenvalue weighted by atomic mass is 9.99. The fraction of sp³-hybridized carbons (Fsp3) is 1.00. The zero-order valence-electron chi connectivity index (χ0n) is 21.9. The van der Waals surface area contributed by atoms with Gasteiger partial charge in [-0.15, -0.1) is 0 Å². The normalized spacial score (nSPS) is 18.8. The van der Waals surface area contributed by atoms with E-state index in [0.29, 0.717) is 19.3 Å². The summed E-state index contributed by atoms with van der Waals surface area (Å²) in [6.07, 6.45) is 14.0. The molecule has 0 aromatic heterocycles. The topological polar surface area (TPSA) is 55.4 Å². The molecule has 0 radical (unpaired) electrons. The van der Waals surface area contributed by atoms with Crippen LogP contribution in [0.5, 0.6) is 0 Å². The Morgan fingerprint density at radius 2 is 1.06 bits per heavy atom. The van der Waals surface area contributed by atoms with Gasteiger partial charge in [-0.1, -0.05) is 66.5 Å². The zero-order chi connectivity index (χ0) is 24.3. The van der Waals surface area contributed by atoms with E-state index in [-0.39, 0.29) is 0 Å². The van der Waals surface area contributed by atoms with Gasteiger partial charge >= 0.3 is 17.6 Å². The molecule has 0 amide bonds. The van der Waals surface area contributed by atoms with Crippen molar-refractivity contribution in [3.63, 3.8) is 0 Å². The molecule has 0 spiro atoms. The minimum Gasteiger partial charge on any atom is -0.377 e. The van der Waals surface area contributed by atoms with Gasteiger partial charge < -0.3 is 26.6 Å². The van der Waals surface area contributed by atoms with Crippen molar-refractivity contribution in [2.24, 2.45) is 0 Å². The molecule has 1 unspecified atom stereocenters. The van der Waals surface area contributed by atoms with Crippen molar-refractivity contribution >= 4 is 39.2 Å². The minimum atomic E-state index is -2.61. The average Bonchev–Trinajstić information content (AvgIpc) is 2.84. The van der Waals surface area contributed by atoms with E-state index in [2.05, 4.69) is 0 Å².